The van der Waals surface area contributed by atoms with Crippen molar-refractivity contribution in [3.63, 3.8) is 0 Å². The van der Waals surface area contributed by atoms with Crippen LogP contribution in [0.1, 0.15) is 59.9 Å². The van der Waals surface area contributed by atoms with E-state index >= 15 is 0 Å². The lowest BCUT2D eigenvalue weighted by molar-refractivity contribution is -0.128. The largest absolute Gasteiger partial charge is 0.400 e. The first kappa shape index (κ1) is 27.3. The number of amides is 1. The van der Waals surface area contributed by atoms with Crippen LogP contribution < -0.4 is 15.3 Å². The maximum absolute atomic E-state index is 13.9. The summed E-state index contributed by atoms with van der Waals surface area (Å²) < 4.78 is 13.8. The summed E-state index contributed by atoms with van der Waals surface area (Å²) in [4.78, 5) is 15.7. The summed E-state index contributed by atoms with van der Waals surface area (Å²) in [5, 5.41) is 2.27. The van der Waals surface area contributed by atoms with Crippen molar-refractivity contribution in [3.8, 4) is 0 Å². The highest BCUT2D eigenvalue weighted by Gasteiger charge is 2.52. The third kappa shape index (κ3) is 5.31. The smallest absolute Gasteiger partial charge is 0.261 e. The number of hydrogen-bond acceptors (Lipinski definition) is 3. The molecular weight excluding hydrogens is 474 g/mol. The summed E-state index contributed by atoms with van der Waals surface area (Å²) in [5.74, 6) is -0.000724. The first-order valence-electron chi connectivity index (χ1n) is 13.5. The molecule has 3 aromatic rings. The van der Waals surface area contributed by atoms with Crippen LogP contribution >= 0.6 is 0 Å². The average Bonchev–Trinajstić information content (AvgIpc) is 2.91. The van der Waals surface area contributed by atoms with Crippen molar-refractivity contribution in [3.05, 3.63) is 90.5 Å². The zero-order valence-corrected chi connectivity index (χ0v) is 24.1. The molecule has 37 heavy (non-hydrogen) atoms. The van der Waals surface area contributed by atoms with Gasteiger partial charge in [0.1, 0.15) is 0 Å². The second-order valence-electron chi connectivity index (χ2n) is 11.2. The highest BCUT2D eigenvalue weighted by Crippen LogP contribution is 2.40. The van der Waals surface area contributed by atoms with Gasteiger partial charge in [-0.15, -0.1) is 0 Å². The second kappa shape index (κ2) is 11.3. The molecule has 1 amide bonds. The number of para-hydroxylation sites is 1. The van der Waals surface area contributed by atoms with Gasteiger partial charge in [-0.05, 0) is 34.8 Å². The quantitative estimate of drug-likeness (QED) is 0.332. The van der Waals surface area contributed by atoms with Crippen molar-refractivity contribution in [2.45, 2.75) is 78.4 Å². The Morgan fingerprint density at radius 3 is 2.03 bits per heavy atom. The van der Waals surface area contributed by atoms with Gasteiger partial charge < -0.3 is 9.16 Å². The SMILES string of the molecule is CCC[C@@H](C)C(=O)N1c2ccccc2CO[C@H]1[C@H](C)O[Si](c1ccccc1)(c1ccccc1)C(C)(C)C. The predicted molar refractivity (Wildman–Crippen MR) is 155 cm³/mol. The van der Waals surface area contributed by atoms with Crippen LogP contribution in [0.5, 0.6) is 0 Å². The molecule has 4 nitrogen and oxygen atoms in total. The van der Waals surface area contributed by atoms with Crippen LogP contribution in [-0.4, -0.2) is 26.6 Å². The van der Waals surface area contributed by atoms with Gasteiger partial charge in [0.2, 0.25) is 5.91 Å². The molecule has 3 aromatic carbocycles. The molecule has 0 aliphatic carbocycles. The highest BCUT2D eigenvalue weighted by atomic mass is 28.4. The highest BCUT2D eigenvalue weighted by molar-refractivity contribution is 6.99. The molecule has 0 bridgehead atoms. The number of benzene rings is 3. The number of anilines is 1. The molecule has 0 saturated carbocycles. The molecule has 0 spiro atoms. The van der Waals surface area contributed by atoms with E-state index in [1.807, 2.05) is 36.1 Å². The molecule has 3 atom stereocenters. The first-order chi connectivity index (χ1) is 17.7. The van der Waals surface area contributed by atoms with Gasteiger partial charge in [0.15, 0.2) is 6.23 Å². The lowest BCUT2D eigenvalue weighted by Crippen LogP contribution is -2.69. The van der Waals surface area contributed by atoms with Crippen LogP contribution in [0.2, 0.25) is 5.04 Å². The van der Waals surface area contributed by atoms with Crippen molar-refractivity contribution in [2.75, 3.05) is 4.90 Å². The van der Waals surface area contributed by atoms with Crippen LogP contribution in [0, 0.1) is 5.92 Å². The zero-order valence-electron chi connectivity index (χ0n) is 23.1. The minimum Gasteiger partial charge on any atom is -0.400 e. The van der Waals surface area contributed by atoms with Crippen molar-refractivity contribution in [2.24, 2.45) is 5.92 Å². The predicted octanol–water partition coefficient (Wildman–Crippen LogP) is 6.28. The van der Waals surface area contributed by atoms with Gasteiger partial charge in [-0.3, -0.25) is 9.69 Å². The molecule has 5 heteroatoms. The number of rotatable bonds is 8. The molecular formula is C32H41NO3Si. The summed E-state index contributed by atoms with van der Waals surface area (Å²) in [6.07, 6.45) is 0.941. The van der Waals surface area contributed by atoms with E-state index in [0.717, 1.165) is 24.1 Å². The van der Waals surface area contributed by atoms with Gasteiger partial charge >= 0.3 is 0 Å². The normalized spacial score (nSPS) is 17.7. The number of nitrogens with zero attached hydrogens (tertiary/aromatic N) is 1. The number of hydrogen-bond donors (Lipinski definition) is 0. The van der Waals surface area contributed by atoms with Crippen LogP contribution in [0.4, 0.5) is 5.69 Å². The third-order valence-electron chi connectivity index (χ3n) is 7.48. The summed E-state index contributed by atoms with van der Waals surface area (Å²) in [6.45, 7) is 13.5. The monoisotopic (exact) mass is 515 g/mol. The lowest BCUT2D eigenvalue weighted by Gasteiger charge is -2.48. The Hall–Kier alpha value is -2.73. The van der Waals surface area contributed by atoms with E-state index in [0.29, 0.717) is 6.61 Å². The van der Waals surface area contributed by atoms with E-state index in [1.165, 1.54) is 10.4 Å². The van der Waals surface area contributed by atoms with Crippen LogP contribution in [0.25, 0.3) is 0 Å². The maximum atomic E-state index is 13.9. The molecule has 1 aliphatic heterocycles. The standard InChI is InChI=1S/C32H41NO3Si/c1-7-16-24(2)30(34)33-29-22-15-14-17-26(29)23-35-31(33)25(3)36-37(32(4,5)6,27-18-10-8-11-19-27)28-20-12-9-13-21-28/h8-15,17-22,24-25,31H,7,16,23H2,1-6H3/t24-,25+,31+/m1/s1. The van der Waals surface area contributed by atoms with Gasteiger partial charge in [-0.2, -0.15) is 0 Å². The van der Waals surface area contributed by atoms with Gasteiger partial charge in [0.25, 0.3) is 8.32 Å². The Labute approximate surface area is 223 Å². The maximum Gasteiger partial charge on any atom is 0.261 e. The Bertz CT molecular complexity index is 1140. The molecule has 0 radical (unpaired) electrons. The van der Waals surface area contributed by atoms with E-state index < -0.39 is 14.5 Å². The Kier molecular flexibility index (Phi) is 8.37. The summed E-state index contributed by atoms with van der Waals surface area (Å²) in [5.41, 5.74) is 1.97. The van der Waals surface area contributed by atoms with Gasteiger partial charge in [-0.1, -0.05) is 120 Å². The fraction of sp³-hybridized carbons (Fsp3) is 0.406. The Morgan fingerprint density at radius 2 is 1.49 bits per heavy atom. The van der Waals surface area contributed by atoms with E-state index in [9.17, 15) is 4.79 Å². The summed E-state index contributed by atoms with van der Waals surface area (Å²) in [6, 6.07) is 29.3. The van der Waals surface area contributed by atoms with Gasteiger partial charge in [0.05, 0.1) is 18.4 Å². The van der Waals surface area contributed by atoms with E-state index in [4.69, 9.17) is 9.16 Å². The molecule has 4 rings (SSSR count). The molecule has 1 heterocycles. The third-order valence-corrected chi connectivity index (χ3v) is 12.6. The van der Waals surface area contributed by atoms with Crippen molar-refractivity contribution < 1.29 is 14.0 Å². The molecule has 1 aliphatic rings. The minimum atomic E-state index is -2.81. The fourth-order valence-electron chi connectivity index (χ4n) is 5.67. The number of fused-ring (bicyclic) bond motifs is 1. The van der Waals surface area contributed by atoms with E-state index in [2.05, 4.69) is 95.3 Å². The topological polar surface area (TPSA) is 38.8 Å². The van der Waals surface area contributed by atoms with Crippen molar-refractivity contribution >= 4 is 30.3 Å². The molecule has 0 N–H and O–H groups in total. The molecule has 0 fully saturated rings. The van der Waals surface area contributed by atoms with Gasteiger partial charge in [0, 0.05) is 11.5 Å². The average molecular weight is 516 g/mol. The minimum absolute atomic E-state index is 0.0943. The van der Waals surface area contributed by atoms with Crippen LogP contribution in [-0.2, 0) is 20.6 Å². The Balaban J connectivity index is 1.81. The van der Waals surface area contributed by atoms with Gasteiger partial charge in [-0.25, -0.2) is 0 Å². The number of carbonyl (C=O) groups is 1. The molecule has 196 valence electrons. The van der Waals surface area contributed by atoms with Crippen molar-refractivity contribution in [1.29, 1.82) is 0 Å². The van der Waals surface area contributed by atoms with Crippen molar-refractivity contribution in [1.82, 2.24) is 0 Å². The van der Waals surface area contributed by atoms with Crippen LogP contribution in [0.15, 0.2) is 84.9 Å². The number of carbonyl (C=O) groups excluding carboxylic acids is 1. The van der Waals surface area contributed by atoms with Crippen LogP contribution in [0.3, 0.4) is 0 Å². The van der Waals surface area contributed by atoms with E-state index in [-0.39, 0.29) is 23.0 Å². The molecule has 0 aromatic heterocycles. The summed E-state index contributed by atoms with van der Waals surface area (Å²) >= 11 is 0. The fourth-order valence-corrected chi connectivity index (χ4v) is 10.4. The molecule has 0 saturated heterocycles. The number of ether oxygens (including phenoxy) is 1. The summed E-state index contributed by atoms with van der Waals surface area (Å²) in [7, 11) is -2.81. The second-order valence-corrected chi connectivity index (χ2v) is 15.5. The molecule has 0 unspecified atom stereocenters. The Morgan fingerprint density at radius 1 is 0.946 bits per heavy atom. The zero-order chi connectivity index (χ0) is 26.6. The van der Waals surface area contributed by atoms with E-state index in [1.54, 1.807) is 0 Å². The first-order valence-corrected chi connectivity index (χ1v) is 15.4. The lowest BCUT2D eigenvalue weighted by atomic mass is 10.0.